The molecule has 0 unspecified atom stereocenters. The molecule has 4 aliphatic rings. The van der Waals surface area contributed by atoms with Crippen LogP contribution in [-0.4, -0.2) is 48.8 Å². The lowest BCUT2D eigenvalue weighted by Gasteiger charge is -2.60. The first-order valence-electron chi connectivity index (χ1n) is 16.5. The molecule has 4 fully saturated rings. The normalized spacial score (nSPS) is 37.5. The molecule has 4 saturated carbocycles. The largest absolute Gasteiger partial charge is 0.466 e. The van der Waals surface area contributed by atoms with E-state index in [1.807, 2.05) is 6.92 Å². The first-order chi connectivity index (χ1) is 20.2. The number of hydrogen-bond donors (Lipinski definition) is 0. The smallest absolute Gasteiger partial charge is 0.303 e. The topological polar surface area (TPSA) is 105 Å². The van der Waals surface area contributed by atoms with Gasteiger partial charge in [0.05, 0.1) is 6.61 Å². The maximum absolute atomic E-state index is 12.4. The Morgan fingerprint density at radius 1 is 0.791 bits per heavy atom. The van der Waals surface area contributed by atoms with Crippen LogP contribution in [0, 0.1) is 40.4 Å². The summed E-state index contributed by atoms with van der Waals surface area (Å²) in [4.78, 5) is 47.6. The van der Waals surface area contributed by atoms with Gasteiger partial charge in [0.25, 0.3) is 0 Å². The van der Waals surface area contributed by atoms with Crippen molar-refractivity contribution < 1.29 is 38.1 Å². The fraction of sp³-hybridized carbons (Fsp3) is 0.829. The van der Waals surface area contributed by atoms with E-state index in [2.05, 4.69) is 20.8 Å². The number of fused-ring (bicyclic) bond motifs is 5. The molecule has 0 spiro atoms. The highest BCUT2D eigenvalue weighted by atomic mass is 16.6. The van der Waals surface area contributed by atoms with E-state index in [0.717, 1.165) is 68.9 Å². The van der Waals surface area contributed by atoms with Gasteiger partial charge in [-0.25, -0.2) is 0 Å². The molecule has 0 aliphatic heterocycles. The van der Waals surface area contributed by atoms with Gasteiger partial charge in [-0.1, -0.05) is 20.8 Å². The molecule has 4 aliphatic carbocycles. The molecular formula is C35H54O8. The van der Waals surface area contributed by atoms with Crippen LogP contribution in [0.4, 0.5) is 0 Å². The second-order valence-corrected chi connectivity index (χ2v) is 14.6. The van der Waals surface area contributed by atoms with Gasteiger partial charge in [-0.15, -0.1) is 0 Å². The van der Waals surface area contributed by atoms with Crippen LogP contribution in [0.3, 0.4) is 0 Å². The van der Waals surface area contributed by atoms with Gasteiger partial charge in [-0.3, -0.25) is 19.2 Å². The van der Waals surface area contributed by atoms with E-state index in [9.17, 15) is 19.2 Å². The fourth-order valence-corrected chi connectivity index (χ4v) is 9.89. The van der Waals surface area contributed by atoms with Crippen molar-refractivity contribution in [2.24, 2.45) is 40.4 Å². The van der Waals surface area contributed by atoms with Crippen LogP contribution in [0.1, 0.15) is 120 Å². The summed E-state index contributed by atoms with van der Waals surface area (Å²) in [6.07, 6.45) is 8.79. The molecule has 0 amide bonds. The average molecular weight is 603 g/mol. The summed E-state index contributed by atoms with van der Waals surface area (Å²) >= 11 is 0. The Hall–Kier alpha value is -2.38. The van der Waals surface area contributed by atoms with Crippen molar-refractivity contribution in [2.45, 2.75) is 138 Å². The minimum Gasteiger partial charge on any atom is -0.466 e. The Morgan fingerprint density at radius 3 is 2.12 bits per heavy atom. The van der Waals surface area contributed by atoms with Crippen LogP contribution < -0.4 is 0 Å². The molecule has 0 aromatic carbocycles. The zero-order valence-electron chi connectivity index (χ0n) is 27.7. The quantitative estimate of drug-likeness (QED) is 0.163. The Balaban J connectivity index is 1.61. The zero-order valence-corrected chi connectivity index (χ0v) is 27.7. The molecule has 0 heterocycles. The number of carbonyl (C=O) groups is 4. The van der Waals surface area contributed by atoms with Crippen molar-refractivity contribution >= 4 is 23.9 Å². The van der Waals surface area contributed by atoms with Gasteiger partial charge in [0, 0.05) is 27.7 Å². The van der Waals surface area contributed by atoms with Crippen molar-refractivity contribution in [3.8, 4) is 0 Å². The molecule has 0 N–H and O–H groups in total. The number of hydrogen-bond acceptors (Lipinski definition) is 8. The van der Waals surface area contributed by atoms with E-state index < -0.39 is 6.10 Å². The molecule has 0 aromatic heterocycles. The van der Waals surface area contributed by atoms with Crippen molar-refractivity contribution in [2.75, 3.05) is 6.61 Å². The summed E-state index contributed by atoms with van der Waals surface area (Å²) in [5.74, 6) is 1.08. The molecule has 0 radical (unpaired) electrons. The number of ether oxygens (including phenoxy) is 4. The molecule has 10 atom stereocenters. The lowest BCUT2D eigenvalue weighted by molar-refractivity contribution is -0.158. The summed E-state index contributed by atoms with van der Waals surface area (Å²) in [6.45, 7) is 15.1. The summed E-state index contributed by atoms with van der Waals surface area (Å²) in [7, 11) is 0. The lowest BCUT2D eigenvalue weighted by atomic mass is 9.45. The second-order valence-electron chi connectivity index (χ2n) is 14.6. The Bertz CT molecular complexity index is 1110. The van der Waals surface area contributed by atoms with Crippen LogP contribution in [0.5, 0.6) is 0 Å². The zero-order chi connectivity index (χ0) is 31.7. The van der Waals surface area contributed by atoms with Gasteiger partial charge < -0.3 is 18.9 Å². The Morgan fingerprint density at radius 2 is 1.49 bits per heavy atom. The second kappa shape index (κ2) is 13.3. The van der Waals surface area contributed by atoms with E-state index >= 15 is 0 Å². The minimum absolute atomic E-state index is 0.0351. The van der Waals surface area contributed by atoms with Gasteiger partial charge in [0.2, 0.25) is 0 Å². The maximum Gasteiger partial charge on any atom is 0.303 e. The summed E-state index contributed by atoms with van der Waals surface area (Å²) in [5.41, 5.74) is 2.23. The monoisotopic (exact) mass is 602 g/mol. The highest BCUT2D eigenvalue weighted by molar-refractivity contribution is 5.68. The number of rotatable bonds is 9. The van der Waals surface area contributed by atoms with E-state index in [0.29, 0.717) is 36.7 Å². The van der Waals surface area contributed by atoms with Crippen LogP contribution in [0.25, 0.3) is 0 Å². The molecule has 0 bridgehead atoms. The van der Waals surface area contributed by atoms with Crippen molar-refractivity contribution in [1.82, 2.24) is 0 Å². The first-order valence-corrected chi connectivity index (χ1v) is 16.5. The van der Waals surface area contributed by atoms with E-state index in [-0.39, 0.29) is 52.8 Å². The van der Waals surface area contributed by atoms with Crippen molar-refractivity contribution in [3.63, 3.8) is 0 Å². The predicted molar refractivity (Wildman–Crippen MR) is 162 cm³/mol. The van der Waals surface area contributed by atoms with Crippen molar-refractivity contribution in [3.05, 3.63) is 11.1 Å². The maximum atomic E-state index is 12.4. The molecule has 4 rings (SSSR count). The first kappa shape index (κ1) is 33.5. The Kier molecular flexibility index (Phi) is 10.4. The summed E-state index contributed by atoms with van der Waals surface area (Å²) in [5, 5.41) is 0. The van der Waals surface area contributed by atoms with Crippen LogP contribution in [-0.2, 0) is 38.1 Å². The molecule has 8 heteroatoms. The van der Waals surface area contributed by atoms with Gasteiger partial charge in [0.1, 0.15) is 18.3 Å². The Labute approximate surface area is 258 Å². The molecule has 0 aromatic rings. The molecule has 242 valence electrons. The molecule has 0 saturated heterocycles. The highest BCUT2D eigenvalue weighted by Crippen LogP contribution is 2.68. The summed E-state index contributed by atoms with van der Waals surface area (Å²) in [6, 6.07) is 0. The van der Waals surface area contributed by atoms with Gasteiger partial charge >= 0.3 is 23.9 Å². The van der Waals surface area contributed by atoms with Gasteiger partial charge in [0.15, 0.2) is 0 Å². The number of carbonyl (C=O) groups excluding carboxylic acids is 4. The average Bonchev–Trinajstić information content (AvgIpc) is 3.20. The standard InChI is InChI=1S/C35H54O8/c1-20(19-40-22(3)36)9-12-31(42-24(5)38)21(2)33-32(43-25(6)39)18-30-28-11-10-26-17-27(41-23(4)37)13-15-34(26,7)29(28)14-16-35(30,33)8/h20,26-32H,9-19H2,1-8H3/b33-21+/t20-,26+,27+,28-,29+,30+,31+,32-,34+,35+/m1/s1. The fourth-order valence-electron chi connectivity index (χ4n) is 9.89. The third-order valence-corrected chi connectivity index (χ3v) is 11.8. The van der Waals surface area contributed by atoms with Crippen LogP contribution >= 0.6 is 0 Å². The predicted octanol–water partition coefficient (Wildman–Crippen LogP) is 6.73. The van der Waals surface area contributed by atoms with E-state index in [1.165, 1.54) is 27.7 Å². The van der Waals surface area contributed by atoms with Gasteiger partial charge in [-0.2, -0.15) is 0 Å². The highest BCUT2D eigenvalue weighted by Gasteiger charge is 2.62. The van der Waals surface area contributed by atoms with E-state index in [4.69, 9.17) is 18.9 Å². The van der Waals surface area contributed by atoms with E-state index in [1.54, 1.807) is 0 Å². The molecule has 8 nitrogen and oxygen atoms in total. The van der Waals surface area contributed by atoms with Crippen molar-refractivity contribution in [1.29, 1.82) is 0 Å². The molecular weight excluding hydrogens is 548 g/mol. The SMILES string of the molecule is CC(=O)OC[C@H](C)CC[C@H](OC(C)=O)/C(C)=C1\[C@H](OC(C)=O)C[C@H]2[C@@H]3CC[C@H]4C[C@@H](OC(C)=O)CC[C@]4(C)[C@H]3CC[C@]12C. The third-order valence-electron chi connectivity index (χ3n) is 11.8. The molecule has 43 heavy (non-hydrogen) atoms. The third kappa shape index (κ3) is 7.14. The van der Waals surface area contributed by atoms with Crippen LogP contribution in [0.2, 0.25) is 0 Å². The summed E-state index contributed by atoms with van der Waals surface area (Å²) < 4.78 is 22.9. The van der Waals surface area contributed by atoms with Crippen LogP contribution in [0.15, 0.2) is 11.1 Å². The minimum atomic E-state index is -0.427. The lowest BCUT2D eigenvalue weighted by Crippen LogP contribution is -2.53. The van der Waals surface area contributed by atoms with Gasteiger partial charge in [-0.05, 0) is 123 Å². The number of esters is 4.